The van der Waals surface area contributed by atoms with Gasteiger partial charge in [0.25, 0.3) is 5.91 Å². The lowest BCUT2D eigenvalue weighted by atomic mass is 9.77. The van der Waals surface area contributed by atoms with E-state index >= 15 is 0 Å². The normalized spacial score (nSPS) is 18.9. The van der Waals surface area contributed by atoms with Gasteiger partial charge in [-0.05, 0) is 30.0 Å². The summed E-state index contributed by atoms with van der Waals surface area (Å²) in [5, 5.41) is 3.93. The highest BCUT2D eigenvalue weighted by Crippen LogP contribution is 2.45. The molecule has 0 spiro atoms. The largest absolute Gasteiger partial charge is 0.364 e. The molecular formula is C25H24N2O4S. The molecule has 1 saturated heterocycles. The Morgan fingerprint density at radius 3 is 2.31 bits per heavy atom. The van der Waals surface area contributed by atoms with Crippen LogP contribution in [0, 0.1) is 11.3 Å². The predicted molar refractivity (Wildman–Crippen MR) is 123 cm³/mol. The van der Waals surface area contributed by atoms with Gasteiger partial charge in [-0.2, -0.15) is 0 Å². The first-order chi connectivity index (χ1) is 15.2. The van der Waals surface area contributed by atoms with E-state index in [9.17, 15) is 14.4 Å². The Bertz CT molecular complexity index is 1160. The molecule has 2 atom stereocenters. The molecule has 6 nitrogen and oxygen atoms in total. The van der Waals surface area contributed by atoms with Crippen molar-refractivity contribution in [1.82, 2.24) is 5.16 Å². The SMILES string of the molecule is CSc1ccccc1C1C(C(=O)C(C)(C)C)C(=O)C(=O)N1c1ccc(-c2ccon2)cc1. The van der Waals surface area contributed by atoms with E-state index in [2.05, 4.69) is 5.16 Å². The molecule has 7 heteroatoms. The summed E-state index contributed by atoms with van der Waals surface area (Å²) in [6.07, 6.45) is 3.43. The lowest BCUT2D eigenvalue weighted by molar-refractivity contribution is -0.141. The summed E-state index contributed by atoms with van der Waals surface area (Å²) in [6.45, 7) is 5.33. The average molecular weight is 449 g/mol. The van der Waals surface area contributed by atoms with Gasteiger partial charge < -0.3 is 4.52 Å². The molecule has 2 aromatic carbocycles. The lowest BCUT2D eigenvalue weighted by Gasteiger charge is -2.31. The number of hydrogen-bond donors (Lipinski definition) is 0. The van der Waals surface area contributed by atoms with Gasteiger partial charge in [-0.1, -0.05) is 56.3 Å². The number of ketones is 2. The standard InChI is InChI=1S/C25H24N2O4S/c1-25(2,3)23(29)20-21(17-7-5-6-8-19(17)32-4)27(24(30)22(20)28)16-11-9-15(10-12-16)18-13-14-31-26-18/h5-14,20-21H,1-4H3. The van der Waals surface area contributed by atoms with E-state index in [1.54, 1.807) is 39.0 Å². The molecule has 1 aliphatic heterocycles. The summed E-state index contributed by atoms with van der Waals surface area (Å²) in [7, 11) is 0. The molecule has 32 heavy (non-hydrogen) atoms. The topological polar surface area (TPSA) is 80.5 Å². The van der Waals surface area contributed by atoms with Gasteiger partial charge in [0.2, 0.25) is 5.78 Å². The zero-order chi connectivity index (χ0) is 23.0. The highest BCUT2D eigenvalue weighted by atomic mass is 32.2. The minimum absolute atomic E-state index is 0.238. The van der Waals surface area contributed by atoms with Crippen molar-refractivity contribution in [3.05, 3.63) is 66.4 Å². The second-order valence-corrected chi connectivity index (χ2v) is 9.60. The second kappa shape index (κ2) is 8.39. The molecule has 2 unspecified atom stereocenters. The molecule has 0 N–H and O–H groups in total. The van der Waals surface area contributed by atoms with Gasteiger partial charge in [-0.15, -0.1) is 11.8 Å². The van der Waals surface area contributed by atoms with Gasteiger partial charge in [0.15, 0.2) is 5.78 Å². The van der Waals surface area contributed by atoms with Gasteiger partial charge in [0, 0.05) is 27.6 Å². The molecule has 1 fully saturated rings. The summed E-state index contributed by atoms with van der Waals surface area (Å²) in [5.74, 6) is -2.63. The fourth-order valence-electron chi connectivity index (χ4n) is 4.06. The van der Waals surface area contributed by atoms with Crippen LogP contribution >= 0.6 is 11.8 Å². The van der Waals surface area contributed by atoms with Crippen LogP contribution in [0.25, 0.3) is 11.3 Å². The Morgan fingerprint density at radius 2 is 1.72 bits per heavy atom. The molecule has 1 aliphatic rings. The zero-order valence-electron chi connectivity index (χ0n) is 18.4. The first-order valence-corrected chi connectivity index (χ1v) is 11.5. The highest BCUT2D eigenvalue weighted by Gasteiger charge is 2.54. The summed E-state index contributed by atoms with van der Waals surface area (Å²) < 4.78 is 4.90. The Balaban J connectivity index is 1.85. The van der Waals surface area contributed by atoms with Gasteiger partial charge in [0.05, 0.1) is 6.04 Å². The Hall–Kier alpha value is -3.19. The summed E-state index contributed by atoms with van der Waals surface area (Å²) >= 11 is 1.52. The van der Waals surface area contributed by atoms with Gasteiger partial charge in [-0.3, -0.25) is 19.3 Å². The van der Waals surface area contributed by atoms with Gasteiger partial charge in [0.1, 0.15) is 17.9 Å². The minimum Gasteiger partial charge on any atom is -0.364 e. The smallest absolute Gasteiger partial charge is 0.295 e. The molecular weight excluding hydrogens is 424 g/mol. The van der Waals surface area contributed by atoms with E-state index in [1.807, 2.05) is 42.7 Å². The Kier molecular flexibility index (Phi) is 5.77. The number of Topliss-reactive ketones (excluding diaryl/α,β-unsaturated/α-hetero) is 2. The van der Waals surface area contributed by atoms with E-state index < -0.39 is 29.1 Å². The van der Waals surface area contributed by atoms with Crippen molar-refractivity contribution >= 4 is 34.9 Å². The third kappa shape index (κ3) is 3.77. The molecule has 3 aromatic rings. The van der Waals surface area contributed by atoms with E-state index in [0.29, 0.717) is 11.4 Å². The predicted octanol–water partition coefficient (Wildman–Crippen LogP) is 4.95. The van der Waals surface area contributed by atoms with Crippen molar-refractivity contribution < 1.29 is 18.9 Å². The maximum Gasteiger partial charge on any atom is 0.295 e. The van der Waals surface area contributed by atoms with E-state index in [4.69, 9.17) is 4.52 Å². The van der Waals surface area contributed by atoms with Crippen molar-refractivity contribution in [2.24, 2.45) is 11.3 Å². The van der Waals surface area contributed by atoms with Crippen LogP contribution in [0.1, 0.15) is 32.4 Å². The van der Waals surface area contributed by atoms with Crippen molar-refractivity contribution in [1.29, 1.82) is 0 Å². The lowest BCUT2D eigenvalue weighted by Crippen LogP contribution is -2.36. The first kappa shape index (κ1) is 22.0. The molecule has 4 rings (SSSR count). The fourth-order valence-corrected chi connectivity index (χ4v) is 4.70. The van der Waals surface area contributed by atoms with Crippen LogP contribution in [-0.2, 0) is 14.4 Å². The number of rotatable bonds is 5. The molecule has 1 aromatic heterocycles. The third-order valence-corrected chi connectivity index (χ3v) is 6.48. The molecule has 2 heterocycles. The molecule has 0 saturated carbocycles. The van der Waals surface area contributed by atoms with Crippen molar-refractivity contribution in [3.63, 3.8) is 0 Å². The number of aromatic nitrogens is 1. The molecule has 164 valence electrons. The quantitative estimate of drug-likeness (QED) is 0.312. The molecule has 0 radical (unpaired) electrons. The number of carbonyl (C=O) groups is 3. The summed E-state index contributed by atoms with van der Waals surface area (Å²) in [6, 6.07) is 15.8. The Morgan fingerprint density at radius 1 is 1.03 bits per heavy atom. The van der Waals surface area contributed by atoms with Crippen molar-refractivity contribution in [2.45, 2.75) is 31.7 Å². The number of thioether (sulfide) groups is 1. The third-order valence-electron chi connectivity index (χ3n) is 5.66. The van der Waals surface area contributed by atoms with Gasteiger partial charge >= 0.3 is 0 Å². The molecule has 0 aliphatic carbocycles. The first-order valence-electron chi connectivity index (χ1n) is 10.3. The van der Waals surface area contributed by atoms with Crippen molar-refractivity contribution in [2.75, 3.05) is 11.2 Å². The molecule has 1 amide bonds. The van der Waals surface area contributed by atoms with Crippen LogP contribution < -0.4 is 4.90 Å². The maximum atomic E-state index is 13.4. The average Bonchev–Trinajstić information content (AvgIpc) is 3.40. The minimum atomic E-state index is -1.06. The second-order valence-electron chi connectivity index (χ2n) is 8.75. The van der Waals surface area contributed by atoms with E-state index in [-0.39, 0.29) is 5.78 Å². The highest BCUT2D eigenvalue weighted by molar-refractivity contribution is 7.98. The van der Waals surface area contributed by atoms with Crippen LogP contribution in [0.4, 0.5) is 5.69 Å². The number of nitrogens with zero attached hydrogens (tertiary/aromatic N) is 2. The van der Waals surface area contributed by atoms with Crippen LogP contribution in [0.3, 0.4) is 0 Å². The number of benzene rings is 2. The van der Waals surface area contributed by atoms with Crippen LogP contribution in [0.2, 0.25) is 0 Å². The van der Waals surface area contributed by atoms with E-state index in [0.717, 1.165) is 16.0 Å². The maximum absolute atomic E-state index is 13.4. The summed E-state index contributed by atoms with van der Waals surface area (Å²) in [5.41, 5.74) is 2.08. The Labute approximate surface area is 191 Å². The van der Waals surface area contributed by atoms with Crippen LogP contribution in [0.15, 0.2) is 70.3 Å². The number of hydrogen-bond acceptors (Lipinski definition) is 6. The summed E-state index contributed by atoms with van der Waals surface area (Å²) in [4.78, 5) is 42.2. The van der Waals surface area contributed by atoms with E-state index in [1.165, 1.54) is 22.9 Å². The van der Waals surface area contributed by atoms with Crippen molar-refractivity contribution in [3.8, 4) is 11.3 Å². The number of anilines is 1. The molecule has 0 bridgehead atoms. The zero-order valence-corrected chi connectivity index (χ0v) is 19.2. The fraction of sp³-hybridized carbons (Fsp3) is 0.280. The van der Waals surface area contributed by atoms with Crippen LogP contribution in [0.5, 0.6) is 0 Å². The van der Waals surface area contributed by atoms with Gasteiger partial charge in [-0.25, -0.2) is 0 Å². The van der Waals surface area contributed by atoms with Crippen LogP contribution in [-0.4, -0.2) is 28.9 Å². The monoisotopic (exact) mass is 448 g/mol. The number of amides is 1. The number of carbonyl (C=O) groups excluding carboxylic acids is 3.